The van der Waals surface area contributed by atoms with Crippen molar-refractivity contribution >= 4 is 5.91 Å². The van der Waals surface area contributed by atoms with E-state index in [-0.39, 0.29) is 11.9 Å². The van der Waals surface area contributed by atoms with Crippen molar-refractivity contribution in [1.82, 2.24) is 5.32 Å². The minimum absolute atomic E-state index is 0.163. The smallest absolute Gasteiger partial charge is 0.287 e. The number of furan rings is 1. The summed E-state index contributed by atoms with van der Waals surface area (Å²) in [6.07, 6.45) is 0. The molecule has 1 amide bonds. The Morgan fingerprint density at radius 1 is 1.29 bits per heavy atom. The number of carbonyl (C=O) groups excluding carboxylic acids is 1. The molecule has 0 radical (unpaired) electrons. The van der Waals surface area contributed by atoms with Gasteiger partial charge in [-0.1, -0.05) is 17.7 Å². The lowest BCUT2D eigenvalue weighted by Crippen LogP contribution is -2.26. The highest BCUT2D eigenvalue weighted by Gasteiger charge is 2.17. The molecule has 1 heterocycles. The van der Waals surface area contributed by atoms with E-state index in [0.29, 0.717) is 12.4 Å². The first-order valence-corrected chi connectivity index (χ1v) is 7.12. The van der Waals surface area contributed by atoms with Crippen LogP contribution >= 0.6 is 0 Å². The second-order valence-corrected chi connectivity index (χ2v) is 5.08. The third kappa shape index (κ3) is 3.66. The number of aryl methyl sites for hydroxylation is 2. The highest BCUT2D eigenvalue weighted by atomic mass is 16.5. The van der Waals surface area contributed by atoms with Crippen LogP contribution in [0.2, 0.25) is 0 Å². The Balaban J connectivity index is 2.17. The van der Waals surface area contributed by atoms with E-state index in [2.05, 4.69) is 5.32 Å². The van der Waals surface area contributed by atoms with E-state index < -0.39 is 0 Å². The summed E-state index contributed by atoms with van der Waals surface area (Å²) in [7, 11) is 0. The molecule has 0 bridgehead atoms. The quantitative estimate of drug-likeness (QED) is 0.910. The lowest BCUT2D eigenvalue weighted by Gasteiger charge is -2.18. The standard InChI is InChI=1S/C17H21NO3/c1-5-20-15-8-6-11(2)10-14(15)13(4)18-17(19)16-9-7-12(3)21-16/h6-10,13H,5H2,1-4H3,(H,18,19). The zero-order valence-corrected chi connectivity index (χ0v) is 12.9. The molecule has 0 aliphatic heterocycles. The van der Waals surface area contributed by atoms with E-state index in [1.165, 1.54) is 0 Å². The van der Waals surface area contributed by atoms with Gasteiger partial charge in [-0.2, -0.15) is 0 Å². The number of ether oxygens (including phenoxy) is 1. The number of rotatable bonds is 5. The van der Waals surface area contributed by atoms with E-state index >= 15 is 0 Å². The van der Waals surface area contributed by atoms with E-state index in [1.54, 1.807) is 12.1 Å². The number of carbonyl (C=O) groups is 1. The minimum atomic E-state index is -0.223. The van der Waals surface area contributed by atoms with Crippen molar-refractivity contribution in [3.8, 4) is 5.75 Å². The van der Waals surface area contributed by atoms with E-state index in [0.717, 1.165) is 22.6 Å². The third-order valence-electron chi connectivity index (χ3n) is 3.24. The summed E-state index contributed by atoms with van der Waals surface area (Å²) in [6, 6.07) is 9.26. The lowest BCUT2D eigenvalue weighted by molar-refractivity contribution is 0.0910. The average Bonchev–Trinajstić information content (AvgIpc) is 2.87. The van der Waals surface area contributed by atoms with Gasteiger partial charge in [-0.3, -0.25) is 4.79 Å². The van der Waals surface area contributed by atoms with Crippen molar-refractivity contribution < 1.29 is 13.9 Å². The van der Waals surface area contributed by atoms with Gasteiger partial charge in [0.2, 0.25) is 0 Å². The fourth-order valence-electron chi connectivity index (χ4n) is 2.20. The Hall–Kier alpha value is -2.23. The number of hydrogen-bond acceptors (Lipinski definition) is 3. The molecule has 0 fully saturated rings. The topological polar surface area (TPSA) is 51.5 Å². The largest absolute Gasteiger partial charge is 0.494 e. The van der Waals surface area contributed by atoms with Crippen LogP contribution in [-0.2, 0) is 0 Å². The van der Waals surface area contributed by atoms with Gasteiger partial charge in [0.1, 0.15) is 11.5 Å². The van der Waals surface area contributed by atoms with E-state index in [9.17, 15) is 4.79 Å². The molecular formula is C17H21NO3. The van der Waals surface area contributed by atoms with Gasteiger partial charge in [-0.05, 0) is 45.9 Å². The van der Waals surface area contributed by atoms with E-state index in [4.69, 9.17) is 9.15 Å². The first-order valence-electron chi connectivity index (χ1n) is 7.12. The zero-order chi connectivity index (χ0) is 15.4. The SMILES string of the molecule is CCOc1ccc(C)cc1C(C)NC(=O)c1ccc(C)o1. The fraction of sp³-hybridized carbons (Fsp3) is 0.353. The Kier molecular flexibility index (Phi) is 4.68. The number of nitrogens with one attached hydrogen (secondary N) is 1. The van der Waals surface area contributed by atoms with Crippen LogP contribution in [0.15, 0.2) is 34.7 Å². The van der Waals surface area contributed by atoms with Gasteiger partial charge in [0.15, 0.2) is 5.76 Å². The monoisotopic (exact) mass is 287 g/mol. The number of hydrogen-bond donors (Lipinski definition) is 1. The van der Waals surface area contributed by atoms with Crippen LogP contribution in [0.25, 0.3) is 0 Å². The summed E-state index contributed by atoms with van der Waals surface area (Å²) in [4.78, 5) is 12.2. The van der Waals surface area contributed by atoms with Gasteiger partial charge in [-0.25, -0.2) is 0 Å². The number of amides is 1. The molecule has 2 aromatic rings. The van der Waals surface area contributed by atoms with Crippen molar-refractivity contribution in [2.45, 2.75) is 33.7 Å². The van der Waals surface area contributed by atoms with Gasteiger partial charge in [-0.15, -0.1) is 0 Å². The van der Waals surface area contributed by atoms with Gasteiger partial charge in [0.25, 0.3) is 5.91 Å². The maximum Gasteiger partial charge on any atom is 0.287 e. The lowest BCUT2D eigenvalue weighted by atomic mass is 10.0. The normalized spacial score (nSPS) is 12.0. The minimum Gasteiger partial charge on any atom is -0.494 e. The molecule has 0 saturated heterocycles. The first-order chi connectivity index (χ1) is 10.0. The predicted molar refractivity (Wildman–Crippen MR) is 81.7 cm³/mol. The van der Waals surface area contributed by atoms with Crippen LogP contribution in [0.3, 0.4) is 0 Å². The summed E-state index contributed by atoms with van der Waals surface area (Å²) in [6.45, 7) is 8.30. The van der Waals surface area contributed by atoms with Crippen molar-refractivity contribution in [3.63, 3.8) is 0 Å². The second kappa shape index (κ2) is 6.48. The van der Waals surface area contributed by atoms with Crippen LogP contribution < -0.4 is 10.1 Å². The van der Waals surface area contributed by atoms with Crippen LogP contribution in [0.5, 0.6) is 5.75 Å². The molecule has 0 spiro atoms. The summed E-state index contributed by atoms with van der Waals surface area (Å²) < 4.78 is 11.0. The molecule has 2 rings (SSSR count). The van der Waals surface area contributed by atoms with Crippen LogP contribution in [-0.4, -0.2) is 12.5 Å². The van der Waals surface area contributed by atoms with E-state index in [1.807, 2.05) is 45.9 Å². The summed E-state index contributed by atoms with van der Waals surface area (Å²) in [5.74, 6) is 1.62. The first kappa shape index (κ1) is 15.2. The van der Waals surface area contributed by atoms with Gasteiger partial charge < -0.3 is 14.5 Å². The highest BCUT2D eigenvalue weighted by molar-refractivity contribution is 5.91. The maximum atomic E-state index is 12.2. The van der Waals surface area contributed by atoms with Crippen LogP contribution in [0.1, 0.15) is 47.3 Å². The Morgan fingerprint density at radius 3 is 2.67 bits per heavy atom. The molecule has 21 heavy (non-hydrogen) atoms. The molecule has 4 nitrogen and oxygen atoms in total. The second-order valence-electron chi connectivity index (χ2n) is 5.08. The van der Waals surface area contributed by atoms with Crippen LogP contribution in [0.4, 0.5) is 0 Å². The molecular weight excluding hydrogens is 266 g/mol. The molecule has 1 N–H and O–H groups in total. The van der Waals surface area contributed by atoms with Crippen molar-refractivity contribution in [2.75, 3.05) is 6.61 Å². The highest BCUT2D eigenvalue weighted by Crippen LogP contribution is 2.26. The van der Waals surface area contributed by atoms with Gasteiger partial charge in [0, 0.05) is 5.56 Å². The van der Waals surface area contributed by atoms with Crippen molar-refractivity contribution in [3.05, 3.63) is 53.0 Å². The zero-order valence-electron chi connectivity index (χ0n) is 12.9. The van der Waals surface area contributed by atoms with Crippen LogP contribution in [0, 0.1) is 13.8 Å². The van der Waals surface area contributed by atoms with Gasteiger partial charge >= 0.3 is 0 Å². The number of benzene rings is 1. The Labute approximate surface area is 125 Å². The third-order valence-corrected chi connectivity index (χ3v) is 3.24. The van der Waals surface area contributed by atoms with Crippen molar-refractivity contribution in [1.29, 1.82) is 0 Å². The molecule has 0 aliphatic rings. The summed E-state index contributed by atoms with van der Waals surface area (Å²) in [5.41, 5.74) is 2.09. The molecule has 112 valence electrons. The summed E-state index contributed by atoms with van der Waals surface area (Å²) >= 11 is 0. The average molecular weight is 287 g/mol. The molecule has 4 heteroatoms. The predicted octanol–water partition coefficient (Wildman–Crippen LogP) is 3.79. The Morgan fingerprint density at radius 2 is 2.05 bits per heavy atom. The summed E-state index contributed by atoms with van der Waals surface area (Å²) in [5, 5.41) is 2.94. The van der Waals surface area contributed by atoms with Gasteiger partial charge in [0.05, 0.1) is 12.6 Å². The maximum absolute atomic E-state index is 12.2. The molecule has 0 aliphatic carbocycles. The molecule has 0 saturated carbocycles. The van der Waals surface area contributed by atoms with Crippen molar-refractivity contribution in [2.24, 2.45) is 0 Å². The fourth-order valence-corrected chi connectivity index (χ4v) is 2.20. The molecule has 1 aromatic carbocycles. The molecule has 1 unspecified atom stereocenters. The molecule has 1 atom stereocenters. The molecule has 1 aromatic heterocycles. The Bertz CT molecular complexity index is 631.